The number of hydrogen-bond acceptors (Lipinski definition) is 5. The number of carbonyl (C=O) groups excluding carboxylic acids is 2. The van der Waals surface area contributed by atoms with Crippen molar-refractivity contribution < 1.29 is 14.3 Å². The van der Waals surface area contributed by atoms with Gasteiger partial charge < -0.3 is 19.9 Å². The Balaban J connectivity index is 1.15. The largest absolute Gasteiger partial charge is 0.376 e. The summed E-state index contributed by atoms with van der Waals surface area (Å²) in [5.41, 5.74) is 1.26. The monoisotopic (exact) mass is 444 g/mol. The summed E-state index contributed by atoms with van der Waals surface area (Å²) in [5.74, 6) is 0.755. The summed E-state index contributed by atoms with van der Waals surface area (Å²) in [6.45, 7) is 3.99. The van der Waals surface area contributed by atoms with Gasteiger partial charge in [-0.05, 0) is 47.9 Å². The topological polar surface area (TPSA) is 74.8 Å². The molecule has 2 aliphatic heterocycles. The van der Waals surface area contributed by atoms with E-state index in [-0.39, 0.29) is 17.9 Å². The summed E-state index contributed by atoms with van der Waals surface area (Å²) in [5, 5.41) is 5.13. The molecular weight excluding hydrogens is 416 g/mol. The molecule has 0 spiro atoms. The van der Waals surface area contributed by atoms with Crippen LogP contribution in [-0.4, -0.2) is 67.1 Å². The molecule has 0 saturated carbocycles. The number of rotatable bonds is 5. The van der Waals surface area contributed by atoms with Crippen LogP contribution in [0.4, 0.5) is 5.82 Å². The molecule has 3 aromatic rings. The Kier molecular flexibility index (Phi) is 6.21. The van der Waals surface area contributed by atoms with Gasteiger partial charge in [-0.3, -0.25) is 9.59 Å². The van der Waals surface area contributed by atoms with Crippen molar-refractivity contribution >= 4 is 28.4 Å². The molecule has 2 fully saturated rings. The molecule has 0 bridgehead atoms. The smallest absolute Gasteiger partial charge is 0.253 e. The number of anilines is 1. The van der Waals surface area contributed by atoms with E-state index in [0.717, 1.165) is 41.6 Å². The van der Waals surface area contributed by atoms with E-state index in [1.54, 1.807) is 12.3 Å². The summed E-state index contributed by atoms with van der Waals surface area (Å²) in [6, 6.07) is 17.6. The predicted octanol–water partition coefficient (Wildman–Crippen LogP) is 3.11. The third-order valence-electron chi connectivity index (χ3n) is 6.41. The van der Waals surface area contributed by atoms with Gasteiger partial charge in [-0.1, -0.05) is 30.3 Å². The molecule has 2 aromatic carbocycles. The minimum absolute atomic E-state index is 0.0617. The lowest BCUT2D eigenvalue weighted by atomic mass is 10.1. The van der Waals surface area contributed by atoms with Gasteiger partial charge in [-0.15, -0.1) is 0 Å². The molecule has 3 heterocycles. The minimum atomic E-state index is -0.129. The van der Waals surface area contributed by atoms with Crippen molar-refractivity contribution in [2.24, 2.45) is 0 Å². The summed E-state index contributed by atoms with van der Waals surface area (Å²) in [6.07, 6.45) is 3.78. The van der Waals surface area contributed by atoms with Crippen LogP contribution in [-0.2, 0) is 4.74 Å². The minimum Gasteiger partial charge on any atom is -0.376 e. The Morgan fingerprint density at radius 1 is 0.970 bits per heavy atom. The Morgan fingerprint density at radius 2 is 1.76 bits per heavy atom. The summed E-state index contributed by atoms with van der Waals surface area (Å²) in [7, 11) is 0. The molecule has 1 atom stereocenters. The molecule has 1 unspecified atom stereocenters. The molecule has 1 aromatic heterocycles. The van der Waals surface area contributed by atoms with E-state index in [1.807, 2.05) is 53.4 Å². The maximum absolute atomic E-state index is 13.0. The fourth-order valence-electron chi connectivity index (χ4n) is 4.46. The second kappa shape index (κ2) is 9.58. The second-order valence-electron chi connectivity index (χ2n) is 8.59. The van der Waals surface area contributed by atoms with Gasteiger partial charge in [-0.2, -0.15) is 0 Å². The number of fused-ring (bicyclic) bond motifs is 1. The fraction of sp³-hybridized carbons (Fsp3) is 0.346. The number of hydrogen-bond donors (Lipinski definition) is 1. The maximum atomic E-state index is 13.0. The van der Waals surface area contributed by atoms with Crippen molar-refractivity contribution in [3.05, 3.63) is 71.9 Å². The van der Waals surface area contributed by atoms with Crippen LogP contribution in [0.1, 0.15) is 33.6 Å². The van der Waals surface area contributed by atoms with Gasteiger partial charge in [-0.25, -0.2) is 4.98 Å². The maximum Gasteiger partial charge on any atom is 0.253 e. The number of nitrogens with one attached hydrogen (secondary N) is 1. The van der Waals surface area contributed by atoms with E-state index in [9.17, 15) is 9.59 Å². The molecule has 170 valence electrons. The van der Waals surface area contributed by atoms with E-state index in [2.05, 4.69) is 15.2 Å². The molecule has 2 saturated heterocycles. The molecule has 0 aliphatic carbocycles. The number of ether oxygens (including phenoxy) is 1. The van der Waals surface area contributed by atoms with Crippen LogP contribution in [0, 0.1) is 0 Å². The Labute approximate surface area is 193 Å². The SMILES string of the molecule is O=C(NCC1CCCO1)c1ccc(N2CCN(C(=O)c3ccc4ccccc4c3)CC2)nc1. The average molecular weight is 445 g/mol. The molecule has 1 N–H and O–H groups in total. The molecule has 5 rings (SSSR count). The number of aromatic nitrogens is 1. The Morgan fingerprint density at radius 3 is 2.48 bits per heavy atom. The number of amides is 2. The third kappa shape index (κ3) is 4.83. The highest BCUT2D eigenvalue weighted by Gasteiger charge is 2.23. The molecule has 7 nitrogen and oxygen atoms in total. The van der Waals surface area contributed by atoms with E-state index in [1.165, 1.54) is 0 Å². The summed E-state index contributed by atoms with van der Waals surface area (Å²) in [4.78, 5) is 33.9. The third-order valence-corrected chi connectivity index (χ3v) is 6.41. The van der Waals surface area contributed by atoms with Gasteiger partial charge in [0.15, 0.2) is 0 Å². The molecule has 7 heteroatoms. The highest BCUT2D eigenvalue weighted by Crippen LogP contribution is 2.19. The van der Waals surface area contributed by atoms with Gasteiger partial charge in [0.25, 0.3) is 11.8 Å². The standard InChI is InChI=1S/C26H28N4O3/c31-25(28-18-23-6-3-15-33-23)22-9-10-24(27-17-22)29-11-13-30(14-12-29)26(32)21-8-7-19-4-1-2-5-20(19)16-21/h1-2,4-5,7-10,16-17,23H,3,6,11-15,18H2,(H,28,31). The average Bonchev–Trinajstić information content (AvgIpc) is 3.40. The fourth-order valence-corrected chi connectivity index (χ4v) is 4.46. The van der Waals surface area contributed by atoms with Gasteiger partial charge in [0.2, 0.25) is 0 Å². The summed E-state index contributed by atoms with van der Waals surface area (Å²) >= 11 is 0. The zero-order valence-corrected chi connectivity index (χ0v) is 18.6. The molecule has 2 aliphatic rings. The molecular formula is C26H28N4O3. The van der Waals surface area contributed by atoms with E-state index in [0.29, 0.717) is 38.3 Å². The van der Waals surface area contributed by atoms with Gasteiger partial charge in [0.1, 0.15) is 5.82 Å². The predicted molar refractivity (Wildman–Crippen MR) is 128 cm³/mol. The lowest BCUT2D eigenvalue weighted by Gasteiger charge is -2.35. The van der Waals surface area contributed by atoms with E-state index < -0.39 is 0 Å². The van der Waals surface area contributed by atoms with Crippen LogP contribution in [0.15, 0.2) is 60.8 Å². The second-order valence-corrected chi connectivity index (χ2v) is 8.59. The van der Waals surface area contributed by atoms with Crippen LogP contribution in [0.25, 0.3) is 10.8 Å². The lowest BCUT2D eigenvalue weighted by molar-refractivity contribution is 0.0746. The highest BCUT2D eigenvalue weighted by atomic mass is 16.5. The van der Waals surface area contributed by atoms with Crippen LogP contribution >= 0.6 is 0 Å². The molecule has 0 radical (unpaired) electrons. The first kappa shape index (κ1) is 21.4. The van der Waals surface area contributed by atoms with Crippen molar-refractivity contribution in [1.29, 1.82) is 0 Å². The van der Waals surface area contributed by atoms with Crippen LogP contribution < -0.4 is 10.2 Å². The highest BCUT2D eigenvalue weighted by molar-refractivity contribution is 5.98. The van der Waals surface area contributed by atoms with Gasteiger partial charge >= 0.3 is 0 Å². The van der Waals surface area contributed by atoms with Crippen molar-refractivity contribution in [3.8, 4) is 0 Å². The van der Waals surface area contributed by atoms with Crippen LogP contribution in [0.5, 0.6) is 0 Å². The number of benzene rings is 2. The van der Waals surface area contributed by atoms with E-state index >= 15 is 0 Å². The number of nitrogens with zero attached hydrogens (tertiary/aromatic N) is 3. The van der Waals surface area contributed by atoms with Gasteiger partial charge in [0, 0.05) is 51.1 Å². The molecule has 2 amide bonds. The Bertz CT molecular complexity index is 1130. The quantitative estimate of drug-likeness (QED) is 0.655. The Hall–Kier alpha value is -3.45. The van der Waals surface area contributed by atoms with Crippen molar-refractivity contribution in [3.63, 3.8) is 0 Å². The normalized spacial score (nSPS) is 18.5. The number of carbonyl (C=O) groups is 2. The van der Waals surface area contributed by atoms with Crippen molar-refractivity contribution in [2.45, 2.75) is 18.9 Å². The number of pyridine rings is 1. The zero-order chi connectivity index (χ0) is 22.6. The zero-order valence-electron chi connectivity index (χ0n) is 18.6. The molecule has 33 heavy (non-hydrogen) atoms. The first-order valence-electron chi connectivity index (χ1n) is 11.6. The van der Waals surface area contributed by atoms with E-state index in [4.69, 9.17) is 4.74 Å². The van der Waals surface area contributed by atoms with Crippen LogP contribution in [0.3, 0.4) is 0 Å². The van der Waals surface area contributed by atoms with Gasteiger partial charge in [0.05, 0.1) is 11.7 Å². The number of piperazine rings is 1. The van der Waals surface area contributed by atoms with Crippen LogP contribution in [0.2, 0.25) is 0 Å². The first-order valence-corrected chi connectivity index (χ1v) is 11.6. The van der Waals surface area contributed by atoms with Crippen molar-refractivity contribution in [2.75, 3.05) is 44.2 Å². The van der Waals surface area contributed by atoms with Crippen molar-refractivity contribution in [1.82, 2.24) is 15.2 Å². The summed E-state index contributed by atoms with van der Waals surface area (Å²) < 4.78 is 5.55. The first-order chi connectivity index (χ1) is 16.2. The lowest BCUT2D eigenvalue weighted by Crippen LogP contribution is -2.49.